The zero-order valence-corrected chi connectivity index (χ0v) is 13.9. The minimum Gasteiger partial charge on any atom is -0.482 e. The number of benzene rings is 2. The molecule has 0 heterocycles. The summed E-state index contributed by atoms with van der Waals surface area (Å²) in [5.41, 5.74) is 1.78. The van der Waals surface area contributed by atoms with Gasteiger partial charge in [0.15, 0.2) is 6.61 Å². The smallest absolute Gasteiger partial charge is 0.341 e. The van der Waals surface area contributed by atoms with E-state index in [0.717, 1.165) is 24.8 Å². The first-order valence-electron chi connectivity index (χ1n) is 8.33. The van der Waals surface area contributed by atoms with Crippen molar-refractivity contribution in [2.45, 2.75) is 25.8 Å². The van der Waals surface area contributed by atoms with Crippen molar-refractivity contribution in [1.82, 2.24) is 5.32 Å². The van der Waals surface area contributed by atoms with Gasteiger partial charge in [-0.05, 0) is 42.5 Å². The van der Waals surface area contributed by atoms with E-state index in [0.29, 0.717) is 12.3 Å². The van der Waals surface area contributed by atoms with Crippen LogP contribution in [0.25, 0.3) is 0 Å². The highest BCUT2D eigenvalue weighted by molar-refractivity contribution is 5.85. The van der Waals surface area contributed by atoms with Crippen molar-refractivity contribution in [2.75, 3.05) is 6.61 Å². The highest BCUT2D eigenvalue weighted by Gasteiger charge is 2.49. The summed E-state index contributed by atoms with van der Waals surface area (Å²) >= 11 is 0. The molecule has 0 aliphatic heterocycles. The molecular formula is C20H21NO4. The fourth-order valence-corrected chi connectivity index (χ4v) is 2.88. The Labute approximate surface area is 146 Å². The Morgan fingerprint density at radius 2 is 1.76 bits per heavy atom. The van der Waals surface area contributed by atoms with E-state index in [1.807, 2.05) is 24.3 Å². The van der Waals surface area contributed by atoms with E-state index in [4.69, 9.17) is 9.84 Å². The summed E-state index contributed by atoms with van der Waals surface area (Å²) in [6.07, 6.45) is 2.59. The molecule has 0 unspecified atom stereocenters. The Bertz CT molecular complexity index is 753. The molecule has 0 radical (unpaired) electrons. The number of hydrogen-bond acceptors (Lipinski definition) is 3. The maximum absolute atomic E-state index is 12.6. The number of carbonyl (C=O) groups excluding carboxylic acids is 1. The van der Waals surface area contributed by atoms with Crippen LogP contribution in [0.5, 0.6) is 5.75 Å². The molecule has 0 saturated heterocycles. The summed E-state index contributed by atoms with van der Waals surface area (Å²) in [5, 5.41) is 11.7. The van der Waals surface area contributed by atoms with E-state index in [1.54, 1.807) is 18.2 Å². The number of hydrogen-bond donors (Lipinski definition) is 2. The second-order valence-corrected chi connectivity index (χ2v) is 6.46. The predicted molar refractivity (Wildman–Crippen MR) is 93.2 cm³/mol. The summed E-state index contributed by atoms with van der Waals surface area (Å²) in [5.74, 6) is -0.455. The fourth-order valence-electron chi connectivity index (χ4n) is 2.88. The highest BCUT2D eigenvalue weighted by atomic mass is 16.5. The van der Waals surface area contributed by atoms with Crippen molar-refractivity contribution in [3.63, 3.8) is 0 Å². The molecule has 0 bridgehead atoms. The first kappa shape index (κ1) is 17.0. The van der Waals surface area contributed by atoms with Crippen LogP contribution in [0.3, 0.4) is 0 Å². The molecule has 1 amide bonds. The van der Waals surface area contributed by atoms with Crippen LogP contribution in [0.1, 0.15) is 24.0 Å². The first-order chi connectivity index (χ1) is 12.1. The Morgan fingerprint density at radius 1 is 1.04 bits per heavy atom. The van der Waals surface area contributed by atoms with Crippen LogP contribution < -0.4 is 10.1 Å². The Balaban J connectivity index is 1.55. The second-order valence-electron chi connectivity index (χ2n) is 6.46. The van der Waals surface area contributed by atoms with Gasteiger partial charge in [0.1, 0.15) is 5.75 Å². The van der Waals surface area contributed by atoms with Gasteiger partial charge in [-0.2, -0.15) is 0 Å². The Kier molecular flexibility index (Phi) is 5.03. The second kappa shape index (κ2) is 7.38. The average Bonchev–Trinajstić information content (AvgIpc) is 3.40. The zero-order valence-electron chi connectivity index (χ0n) is 13.9. The molecule has 5 heteroatoms. The number of carboxylic acids is 1. The quantitative estimate of drug-likeness (QED) is 0.775. The van der Waals surface area contributed by atoms with Crippen molar-refractivity contribution in [3.05, 3.63) is 65.7 Å². The van der Waals surface area contributed by atoms with Crippen molar-refractivity contribution in [2.24, 2.45) is 5.41 Å². The summed E-state index contributed by atoms with van der Waals surface area (Å²) in [4.78, 5) is 23.1. The summed E-state index contributed by atoms with van der Waals surface area (Å²) < 4.78 is 5.16. The standard InChI is InChI=1S/C20H21NO4/c22-18(23)14-25-17-8-4-7-16(11-17)13-21-19(24)20(9-10-20)12-15-5-2-1-3-6-15/h1-8,11H,9-10,12-14H2,(H,21,24)(H,22,23). The van der Waals surface area contributed by atoms with Crippen molar-refractivity contribution in [3.8, 4) is 5.75 Å². The number of amides is 1. The fraction of sp³-hybridized carbons (Fsp3) is 0.300. The van der Waals surface area contributed by atoms with Gasteiger partial charge in [-0.3, -0.25) is 4.79 Å². The van der Waals surface area contributed by atoms with Crippen LogP contribution in [-0.4, -0.2) is 23.6 Å². The first-order valence-corrected chi connectivity index (χ1v) is 8.33. The molecule has 25 heavy (non-hydrogen) atoms. The number of aliphatic carboxylic acids is 1. The molecule has 1 saturated carbocycles. The minimum atomic E-state index is -1.02. The maximum atomic E-state index is 12.6. The number of nitrogens with one attached hydrogen (secondary N) is 1. The number of carbonyl (C=O) groups is 2. The predicted octanol–water partition coefficient (Wildman–Crippen LogP) is 2.79. The number of carboxylic acid groups (broad SMARTS) is 1. The molecule has 2 aromatic rings. The van der Waals surface area contributed by atoms with Crippen molar-refractivity contribution >= 4 is 11.9 Å². The van der Waals surface area contributed by atoms with Gasteiger partial charge < -0.3 is 15.2 Å². The maximum Gasteiger partial charge on any atom is 0.341 e. The van der Waals surface area contributed by atoms with Gasteiger partial charge in [-0.1, -0.05) is 42.5 Å². The van der Waals surface area contributed by atoms with Crippen molar-refractivity contribution in [1.29, 1.82) is 0 Å². The van der Waals surface area contributed by atoms with Crippen LogP contribution in [0.4, 0.5) is 0 Å². The van der Waals surface area contributed by atoms with Crippen molar-refractivity contribution < 1.29 is 19.4 Å². The molecule has 1 aliphatic carbocycles. The lowest BCUT2D eigenvalue weighted by Gasteiger charge is -2.16. The van der Waals surface area contributed by atoms with Crippen LogP contribution >= 0.6 is 0 Å². The molecule has 0 aromatic heterocycles. The molecule has 2 N–H and O–H groups in total. The zero-order chi connectivity index (χ0) is 17.7. The molecule has 0 spiro atoms. The topological polar surface area (TPSA) is 75.6 Å². The van der Waals surface area contributed by atoms with Gasteiger partial charge in [0.05, 0.1) is 5.41 Å². The summed E-state index contributed by atoms with van der Waals surface area (Å²) in [6.45, 7) is 0.0235. The third-order valence-corrected chi connectivity index (χ3v) is 4.43. The van der Waals surface area contributed by atoms with Gasteiger partial charge in [-0.15, -0.1) is 0 Å². The largest absolute Gasteiger partial charge is 0.482 e. The molecule has 130 valence electrons. The van der Waals surface area contributed by atoms with Crippen LogP contribution in [-0.2, 0) is 22.6 Å². The molecule has 2 aromatic carbocycles. The number of ether oxygens (including phenoxy) is 1. The van der Waals surface area contributed by atoms with Crippen LogP contribution in [0.2, 0.25) is 0 Å². The Morgan fingerprint density at radius 3 is 2.44 bits per heavy atom. The monoisotopic (exact) mass is 339 g/mol. The highest BCUT2D eigenvalue weighted by Crippen LogP contribution is 2.48. The van der Waals surface area contributed by atoms with E-state index in [9.17, 15) is 9.59 Å². The van der Waals surface area contributed by atoms with Crippen LogP contribution in [0.15, 0.2) is 54.6 Å². The van der Waals surface area contributed by atoms with E-state index in [-0.39, 0.29) is 17.9 Å². The normalized spacial score (nSPS) is 14.6. The van der Waals surface area contributed by atoms with E-state index in [1.165, 1.54) is 5.56 Å². The van der Waals surface area contributed by atoms with Gasteiger partial charge in [0, 0.05) is 6.54 Å². The molecule has 1 aliphatic rings. The SMILES string of the molecule is O=C(O)COc1cccc(CNC(=O)C2(Cc3ccccc3)CC2)c1. The van der Waals surface area contributed by atoms with Gasteiger partial charge in [-0.25, -0.2) is 4.79 Å². The molecule has 1 fully saturated rings. The third-order valence-electron chi connectivity index (χ3n) is 4.43. The van der Waals surface area contributed by atoms with Crippen LogP contribution in [0, 0.1) is 5.41 Å². The van der Waals surface area contributed by atoms with Gasteiger partial charge >= 0.3 is 5.97 Å². The van der Waals surface area contributed by atoms with E-state index in [2.05, 4.69) is 17.4 Å². The molecule has 3 rings (SSSR count). The lowest BCUT2D eigenvalue weighted by atomic mass is 9.95. The van der Waals surface area contributed by atoms with Gasteiger partial charge in [0.25, 0.3) is 0 Å². The van der Waals surface area contributed by atoms with E-state index >= 15 is 0 Å². The lowest BCUT2D eigenvalue weighted by Crippen LogP contribution is -2.32. The Hall–Kier alpha value is -2.82. The summed E-state index contributed by atoms with van der Waals surface area (Å²) in [6, 6.07) is 17.2. The average molecular weight is 339 g/mol. The third kappa shape index (κ3) is 4.59. The lowest BCUT2D eigenvalue weighted by molar-refractivity contribution is -0.139. The summed E-state index contributed by atoms with van der Waals surface area (Å²) in [7, 11) is 0. The van der Waals surface area contributed by atoms with E-state index < -0.39 is 5.97 Å². The molecule has 5 nitrogen and oxygen atoms in total. The minimum absolute atomic E-state index is 0.0770. The number of rotatable bonds is 8. The van der Waals surface area contributed by atoms with Gasteiger partial charge in [0.2, 0.25) is 5.91 Å². The molecule has 0 atom stereocenters. The molecular weight excluding hydrogens is 318 g/mol.